The summed E-state index contributed by atoms with van der Waals surface area (Å²) in [5.74, 6) is -0.449. The molecule has 0 aromatic carbocycles. The van der Waals surface area contributed by atoms with Crippen molar-refractivity contribution >= 4 is 5.97 Å². The molecule has 4 heteroatoms. The van der Waals surface area contributed by atoms with Crippen molar-refractivity contribution in [2.45, 2.75) is 51.4 Å². The number of carboxylic acids is 1. The molecule has 1 rings (SSSR count). The first kappa shape index (κ1) is 11.5. The van der Waals surface area contributed by atoms with Crippen molar-refractivity contribution in [1.29, 1.82) is 0 Å². The lowest BCUT2D eigenvalue weighted by atomic mass is 9.91. The van der Waals surface area contributed by atoms with Gasteiger partial charge in [-0.25, -0.2) is 0 Å². The molecule has 3 unspecified atom stereocenters. The van der Waals surface area contributed by atoms with Crippen LogP contribution in [0.1, 0.15) is 33.1 Å². The molecule has 1 aliphatic heterocycles. The standard InChI is InChI=1S/C10H19NO3/c1-6(2)10-8(11)4-3-7(14-10)5-9(12)13/h6-8,10H,3-5,11H2,1-2H3,(H,12,13). The lowest BCUT2D eigenvalue weighted by Gasteiger charge is -2.36. The second-order valence-electron chi connectivity index (χ2n) is 4.31. The molecule has 3 N–H and O–H groups in total. The smallest absolute Gasteiger partial charge is 0.305 e. The summed E-state index contributed by atoms with van der Waals surface area (Å²) in [7, 11) is 0. The number of ether oxygens (including phenoxy) is 1. The van der Waals surface area contributed by atoms with E-state index in [4.69, 9.17) is 15.6 Å². The largest absolute Gasteiger partial charge is 0.481 e. The van der Waals surface area contributed by atoms with Crippen molar-refractivity contribution in [2.75, 3.05) is 0 Å². The molecule has 0 spiro atoms. The van der Waals surface area contributed by atoms with Crippen molar-refractivity contribution in [1.82, 2.24) is 0 Å². The van der Waals surface area contributed by atoms with Crippen molar-refractivity contribution in [2.24, 2.45) is 11.7 Å². The summed E-state index contributed by atoms with van der Waals surface area (Å²) in [6, 6.07) is 0.0556. The van der Waals surface area contributed by atoms with Gasteiger partial charge in [-0.2, -0.15) is 0 Å². The topological polar surface area (TPSA) is 72.5 Å². The molecular formula is C10H19NO3. The predicted octanol–water partition coefficient (Wildman–Crippen LogP) is 0.992. The number of carboxylic acid groups (broad SMARTS) is 1. The molecule has 0 aromatic rings. The first-order valence-electron chi connectivity index (χ1n) is 5.13. The van der Waals surface area contributed by atoms with Crippen molar-refractivity contribution in [3.05, 3.63) is 0 Å². The van der Waals surface area contributed by atoms with E-state index in [1.165, 1.54) is 0 Å². The molecule has 1 aliphatic rings. The highest BCUT2D eigenvalue weighted by molar-refractivity contribution is 5.67. The molecular weight excluding hydrogens is 182 g/mol. The highest BCUT2D eigenvalue weighted by Crippen LogP contribution is 2.24. The van der Waals surface area contributed by atoms with E-state index in [9.17, 15) is 4.79 Å². The van der Waals surface area contributed by atoms with E-state index in [2.05, 4.69) is 0 Å². The number of hydrogen-bond donors (Lipinski definition) is 2. The molecule has 0 aromatic heterocycles. The third-order valence-corrected chi connectivity index (χ3v) is 2.65. The molecule has 0 bridgehead atoms. The van der Waals surface area contributed by atoms with Gasteiger partial charge < -0.3 is 15.6 Å². The molecule has 1 heterocycles. The van der Waals surface area contributed by atoms with Gasteiger partial charge in [0.25, 0.3) is 0 Å². The zero-order valence-electron chi connectivity index (χ0n) is 8.77. The van der Waals surface area contributed by atoms with E-state index in [1.807, 2.05) is 13.8 Å². The van der Waals surface area contributed by atoms with Gasteiger partial charge in [0.1, 0.15) is 0 Å². The zero-order valence-corrected chi connectivity index (χ0v) is 8.77. The maximum Gasteiger partial charge on any atom is 0.305 e. The summed E-state index contributed by atoms with van der Waals surface area (Å²) in [6.07, 6.45) is 1.57. The molecule has 3 atom stereocenters. The van der Waals surface area contributed by atoms with Gasteiger partial charge in [-0.15, -0.1) is 0 Å². The molecule has 0 saturated carbocycles. The van der Waals surface area contributed by atoms with Gasteiger partial charge in [0, 0.05) is 6.04 Å². The highest BCUT2D eigenvalue weighted by atomic mass is 16.5. The molecule has 1 saturated heterocycles. The number of rotatable bonds is 3. The van der Waals surface area contributed by atoms with Crippen molar-refractivity contribution in [3.8, 4) is 0 Å². The minimum absolute atomic E-state index is 0.00750. The van der Waals surface area contributed by atoms with E-state index < -0.39 is 5.97 Å². The Labute approximate surface area is 84.4 Å². The molecule has 82 valence electrons. The molecule has 0 amide bonds. The van der Waals surface area contributed by atoms with Crippen molar-refractivity contribution < 1.29 is 14.6 Å². The van der Waals surface area contributed by atoms with Crippen LogP contribution in [0.5, 0.6) is 0 Å². The fourth-order valence-electron chi connectivity index (χ4n) is 1.93. The van der Waals surface area contributed by atoms with Gasteiger partial charge in [-0.05, 0) is 18.8 Å². The van der Waals surface area contributed by atoms with Crippen LogP contribution in [-0.4, -0.2) is 29.3 Å². The van der Waals surface area contributed by atoms with Crippen LogP contribution in [0.3, 0.4) is 0 Å². The SMILES string of the molecule is CC(C)C1OC(CC(=O)O)CCC1N. The van der Waals surface area contributed by atoms with Crippen molar-refractivity contribution in [3.63, 3.8) is 0 Å². The first-order valence-corrected chi connectivity index (χ1v) is 5.13. The quantitative estimate of drug-likeness (QED) is 0.714. The third kappa shape index (κ3) is 2.96. The molecule has 1 fully saturated rings. The summed E-state index contributed by atoms with van der Waals surface area (Å²) < 4.78 is 5.67. The Morgan fingerprint density at radius 1 is 1.57 bits per heavy atom. The first-order chi connectivity index (χ1) is 6.50. The van der Waals surface area contributed by atoms with Gasteiger partial charge in [0.2, 0.25) is 0 Å². The third-order valence-electron chi connectivity index (χ3n) is 2.65. The Bertz CT molecular complexity index is 206. The maximum atomic E-state index is 10.5. The molecule has 14 heavy (non-hydrogen) atoms. The van der Waals surface area contributed by atoms with Crippen LogP contribution in [-0.2, 0) is 9.53 Å². The minimum Gasteiger partial charge on any atom is -0.481 e. The lowest BCUT2D eigenvalue weighted by molar-refractivity contribution is -0.145. The zero-order chi connectivity index (χ0) is 10.7. The van der Waals surface area contributed by atoms with Crippen LogP contribution in [0.2, 0.25) is 0 Å². The molecule has 0 aliphatic carbocycles. The number of hydrogen-bond acceptors (Lipinski definition) is 3. The van der Waals surface area contributed by atoms with E-state index >= 15 is 0 Å². The second kappa shape index (κ2) is 4.75. The van der Waals surface area contributed by atoms with Gasteiger partial charge in [0.15, 0.2) is 0 Å². The van der Waals surface area contributed by atoms with Gasteiger partial charge >= 0.3 is 5.97 Å². The maximum absolute atomic E-state index is 10.5. The van der Waals surface area contributed by atoms with Gasteiger partial charge in [-0.3, -0.25) is 4.79 Å². The normalized spacial score (nSPS) is 33.3. The Kier molecular flexibility index (Phi) is 3.89. The minimum atomic E-state index is -0.798. The highest BCUT2D eigenvalue weighted by Gasteiger charge is 2.31. The van der Waals surface area contributed by atoms with Crippen LogP contribution in [0.4, 0.5) is 0 Å². The lowest BCUT2D eigenvalue weighted by Crippen LogP contribution is -2.47. The summed E-state index contributed by atoms with van der Waals surface area (Å²) >= 11 is 0. The van der Waals surface area contributed by atoms with Crippen LogP contribution >= 0.6 is 0 Å². The molecule has 0 radical (unpaired) electrons. The summed E-state index contributed by atoms with van der Waals surface area (Å²) in [4.78, 5) is 10.5. The fourth-order valence-corrected chi connectivity index (χ4v) is 1.93. The average Bonchev–Trinajstić information content (AvgIpc) is 2.07. The van der Waals surface area contributed by atoms with Gasteiger partial charge in [-0.1, -0.05) is 13.8 Å². The van der Waals surface area contributed by atoms with Crippen LogP contribution in [0.25, 0.3) is 0 Å². The monoisotopic (exact) mass is 201 g/mol. The van der Waals surface area contributed by atoms with Gasteiger partial charge in [0.05, 0.1) is 18.6 Å². The van der Waals surface area contributed by atoms with E-state index in [1.54, 1.807) is 0 Å². The molecule has 4 nitrogen and oxygen atoms in total. The summed E-state index contributed by atoms with van der Waals surface area (Å²) in [6.45, 7) is 4.10. The fraction of sp³-hybridized carbons (Fsp3) is 0.900. The number of nitrogens with two attached hydrogens (primary N) is 1. The van der Waals surface area contributed by atoms with E-state index in [0.717, 1.165) is 12.8 Å². The Hall–Kier alpha value is -0.610. The van der Waals surface area contributed by atoms with Crippen LogP contribution in [0.15, 0.2) is 0 Å². The van der Waals surface area contributed by atoms with E-state index in [0.29, 0.717) is 5.92 Å². The Morgan fingerprint density at radius 2 is 2.21 bits per heavy atom. The van der Waals surface area contributed by atoms with Crippen LogP contribution < -0.4 is 5.73 Å². The number of carbonyl (C=O) groups is 1. The summed E-state index contributed by atoms with van der Waals surface area (Å²) in [5.41, 5.74) is 5.90. The number of aliphatic carboxylic acids is 1. The van der Waals surface area contributed by atoms with Crippen LogP contribution in [0, 0.1) is 5.92 Å². The van der Waals surface area contributed by atoms with E-state index in [-0.39, 0.29) is 24.7 Å². The average molecular weight is 201 g/mol. The predicted molar refractivity (Wildman–Crippen MR) is 53.0 cm³/mol. The Morgan fingerprint density at radius 3 is 2.71 bits per heavy atom. The Balaban J connectivity index is 2.48. The second-order valence-corrected chi connectivity index (χ2v) is 4.31. The summed E-state index contributed by atoms with van der Waals surface area (Å²) in [5, 5.41) is 8.65.